The van der Waals surface area contributed by atoms with Gasteiger partial charge in [-0.3, -0.25) is 4.79 Å². The zero-order valence-electron chi connectivity index (χ0n) is 11.5. The molecule has 0 bridgehead atoms. The van der Waals surface area contributed by atoms with Crippen molar-refractivity contribution in [3.8, 4) is 0 Å². The SMILES string of the molecule is O=C(O)[C@@H]1C[C@H](O)CN1C(=O)C1CNCc2ccccc21. The van der Waals surface area contributed by atoms with Gasteiger partial charge in [-0.1, -0.05) is 24.3 Å². The van der Waals surface area contributed by atoms with E-state index in [1.54, 1.807) is 0 Å². The molecule has 21 heavy (non-hydrogen) atoms. The van der Waals surface area contributed by atoms with Crippen LogP contribution in [0, 0.1) is 0 Å². The summed E-state index contributed by atoms with van der Waals surface area (Å²) in [4.78, 5) is 25.3. The molecule has 1 aromatic carbocycles. The summed E-state index contributed by atoms with van der Waals surface area (Å²) in [5.74, 6) is -1.67. The lowest BCUT2D eigenvalue weighted by molar-refractivity contribution is -0.148. The monoisotopic (exact) mass is 290 g/mol. The van der Waals surface area contributed by atoms with E-state index in [9.17, 15) is 19.8 Å². The van der Waals surface area contributed by atoms with Crippen molar-refractivity contribution in [1.29, 1.82) is 0 Å². The average Bonchev–Trinajstić information content (AvgIpc) is 2.88. The van der Waals surface area contributed by atoms with E-state index < -0.39 is 18.1 Å². The maximum atomic E-state index is 12.7. The molecule has 0 spiro atoms. The Bertz CT molecular complexity index is 575. The van der Waals surface area contributed by atoms with E-state index in [2.05, 4.69) is 5.32 Å². The highest BCUT2D eigenvalue weighted by Crippen LogP contribution is 2.29. The highest BCUT2D eigenvalue weighted by molar-refractivity contribution is 5.89. The first-order valence-electron chi connectivity index (χ1n) is 7.08. The molecule has 3 rings (SSSR count). The number of aliphatic hydroxyl groups excluding tert-OH is 1. The Hall–Kier alpha value is -1.92. The van der Waals surface area contributed by atoms with E-state index in [-0.39, 0.29) is 24.8 Å². The molecule has 1 amide bonds. The number of likely N-dealkylation sites (tertiary alicyclic amines) is 1. The fraction of sp³-hybridized carbons (Fsp3) is 0.467. The summed E-state index contributed by atoms with van der Waals surface area (Å²) in [5, 5.41) is 22.1. The van der Waals surface area contributed by atoms with Crippen LogP contribution < -0.4 is 5.32 Å². The van der Waals surface area contributed by atoms with Crippen LogP contribution in [0.1, 0.15) is 23.5 Å². The molecule has 0 radical (unpaired) electrons. The number of fused-ring (bicyclic) bond motifs is 1. The molecule has 0 aromatic heterocycles. The summed E-state index contributed by atoms with van der Waals surface area (Å²) >= 11 is 0. The number of carboxylic acid groups (broad SMARTS) is 1. The number of nitrogens with one attached hydrogen (secondary N) is 1. The van der Waals surface area contributed by atoms with Gasteiger partial charge in [0.15, 0.2) is 0 Å². The molecule has 6 heteroatoms. The Morgan fingerprint density at radius 3 is 2.81 bits per heavy atom. The molecule has 3 N–H and O–H groups in total. The summed E-state index contributed by atoms with van der Waals surface area (Å²) in [6, 6.07) is 6.77. The van der Waals surface area contributed by atoms with Gasteiger partial charge in [0.1, 0.15) is 6.04 Å². The van der Waals surface area contributed by atoms with Gasteiger partial charge < -0.3 is 20.4 Å². The Morgan fingerprint density at radius 1 is 1.29 bits per heavy atom. The van der Waals surface area contributed by atoms with Crippen LogP contribution in [0.15, 0.2) is 24.3 Å². The normalized spacial score (nSPS) is 28.2. The van der Waals surface area contributed by atoms with E-state index in [0.717, 1.165) is 11.1 Å². The molecule has 1 fully saturated rings. The zero-order valence-corrected chi connectivity index (χ0v) is 11.5. The second-order valence-corrected chi connectivity index (χ2v) is 5.62. The third-order valence-electron chi connectivity index (χ3n) is 4.24. The minimum atomic E-state index is -1.06. The number of nitrogens with zero attached hydrogens (tertiary/aromatic N) is 1. The molecular formula is C15H18N2O4. The Balaban J connectivity index is 1.87. The van der Waals surface area contributed by atoms with Gasteiger partial charge in [-0.05, 0) is 11.1 Å². The lowest BCUT2D eigenvalue weighted by atomic mass is 9.89. The van der Waals surface area contributed by atoms with E-state index in [4.69, 9.17) is 0 Å². The number of aliphatic hydroxyl groups is 1. The number of rotatable bonds is 2. The van der Waals surface area contributed by atoms with E-state index >= 15 is 0 Å². The first-order valence-corrected chi connectivity index (χ1v) is 7.08. The van der Waals surface area contributed by atoms with Crippen LogP contribution in [-0.4, -0.2) is 52.2 Å². The smallest absolute Gasteiger partial charge is 0.326 e. The van der Waals surface area contributed by atoms with Crippen molar-refractivity contribution in [2.45, 2.75) is 31.0 Å². The summed E-state index contributed by atoms with van der Waals surface area (Å²) in [6.45, 7) is 1.30. The van der Waals surface area contributed by atoms with Gasteiger partial charge in [0.2, 0.25) is 5.91 Å². The molecule has 0 saturated carbocycles. The quantitative estimate of drug-likeness (QED) is 0.709. The number of β-amino-alcohol motifs (C(OH)–C–C–N with tert-alkyl or cyclic N) is 1. The summed E-state index contributed by atoms with van der Waals surface area (Å²) in [5.41, 5.74) is 2.01. The summed E-state index contributed by atoms with van der Waals surface area (Å²) in [6.07, 6.45) is -0.662. The number of aliphatic carboxylic acids is 1. The van der Waals surface area contributed by atoms with Gasteiger partial charge >= 0.3 is 5.97 Å². The van der Waals surface area contributed by atoms with E-state index in [1.807, 2.05) is 24.3 Å². The van der Waals surface area contributed by atoms with Gasteiger partial charge in [0.05, 0.1) is 12.0 Å². The standard InChI is InChI=1S/C15H18N2O4/c18-10-5-13(15(20)21)17(8-10)14(19)12-7-16-6-9-3-1-2-4-11(9)12/h1-4,10,12-13,16,18H,5-8H2,(H,20,21)/t10-,12?,13-/m0/s1. The highest BCUT2D eigenvalue weighted by atomic mass is 16.4. The van der Waals surface area contributed by atoms with Crippen LogP contribution in [0.2, 0.25) is 0 Å². The Morgan fingerprint density at radius 2 is 2.05 bits per heavy atom. The lowest BCUT2D eigenvalue weighted by Gasteiger charge is -2.30. The number of benzene rings is 1. The van der Waals surface area contributed by atoms with Gasteiger partial charge in [-0.15, -0.1) is 0 Å². The molecule has 1 unspecified atom stereocenters. The maximum Gasteiger partial charge on any atom is 0.326 e. The third kappa shape index (κ3) is 2.52. The second-order valence-electron chi connectivity index (χ2n) is 5.62. The molecule has 112 valence electrons. The predicted octanol–water partition coefficient (Wildman–Crippen LogP) is -0.0802. The molecule has 3 atom stereocenters. The Labute approximate surface area is 122 Å². The maximum absolute atomic E-state index is 12.7. The van der Waals surface area contributed by atoms with Crippen LogP contribution in [0.3, 0.4) is 0 Å². The number of amides is 1. The number of hydrogen-bond acceptors (Lipinski definition) is 4. The van der Waals surface area contributed by atoms with Crippen LogP contribution in [0.4, 0.5) is 0 Å². The van der Waals surface area contributed by atoms with E-state index in [1.165, 1.54) is 4.90 Å². The fourth-order valence-electron chi connectivity index (χ4n) is 3.21. The Kier molecular flexibility index (Phi) is 3.65. The minimum absolute atomic E-state index is 0.0917. The summed E-state index contributed by atoms with van der Waals surface area (Å²) in [7, 11) is 0. The number of hydrogen-bond donors (Lipinski definition) is 3. The molecule has 2 aliphatic rings. The number of carboxylic acids is 1. The van der Waals surface area contributed by atoms with Crippen LogP contribution in [-0.2, 0) is 16.1 Å². The van der Waals surface area contributed by atoms with Crippen molar-refractivity contribution < 1.29 is 19.8 Å². The third-order valence-corrected chi connectivity index (χ3v) is 4.24. The van der Waals surface area contributed by atoms with Gasteiger partial charge in [0.25, 0.3) is 0 Å². The van der Waals surface area contributed by atoms with Crippen molar-refractivity contribution >= 4 is 11.9 Å². The largest absolute Gasteiger partial charge is 0.480 e. The molecule has 2 aliphatic heterocycles. The first kappa shape index (κ1) is 14.0. The van der Waals surface area contributed by atoms with E-state index in [0.29, 0.717) is 13.1 Å². The molecule has 1 aromatic rings. The van der Waals surface area contributed by atoms with Gasteiger partial charge in [-0.2, -0.15) is 0 Å². The number of carbonyl (C=O) groups excluding carboxylic acids is 1. The van der Waals surface area contributed by atoms with Crippen LogP contribution in [0.5, 0.6) is 0 Å². The van der Waals surface area contributed by atoms with Crippen LogP contribution in [0.25, 0.3) is 0 Å². The van der Waals surface area contributed by atoms with Crippen molar-refractivity contribution in [1.82, 2.24) is 10.2 Å². The van der Waals surface area contributed by atoms with Gasteiger partial charge in [0, 0.05) is 26.1 Å². The van der Waals surface area contributed by atoms with Crippen molar-refractivity contribution in [3.05, 3.63) is 35.4 Å². The van der Waals surface area contributed by atoms with Crippen molar-refractivity contribution in [3.63, 3.8) is 0 Å². The first-order chi connectivity index (χ1) is 10.1. The lowest BCUT2D eigenvalue weighted by Crippen LogP contribution is -2.46. The van der Waals surface area contributed by atoms with Gasteiger partial charge in [-0.25, -0.2) is 4.79 Å². The average molecular weight is 290 g/mol. The zero-order chi connectivity index (χ0) is 15.0. The molecule has 2 heterocycles. The molecule has 0 aliphatic carbocycles. The summed E-state index contributed by atoms with van der Waals surface area (Å²) < 4.78 is 0. The highest BCUT2D eigenvalue weighted by Gasteiger charge is 2.42. The molecule has 1 saturated heterocycles. The molecule has 6 nitrogen and oxygen atoms in total. The van der Waals surface area contributed by atoms with Crippen molar-refractivity contribution in [2.24, 2.45) is 0 Å². The van der Waals surface area contributed by atoms with Crippen molar-refractivity contribution in [2.75, 3.05) is 13.1 Å². The molecular weight excluding hydrogens is 272 g/mol. The topological polar surface area (TPSA) is 89.9 Å². The second kappa shape index (κ2) is 5.46. The fourth-order valence-corrected chi connectivity index (χ4v) is 3.21. The predicted molar refractivity (Wildman–Crippen MR) is 74.7 cm³/mol. The number of carbonyl (C=O) groups is 2. The minimum Gasteiger partial charge on any atom is -0.480 e. The van der Waals surface area contributed by atoms with Crippen LogP contribution >= 0.6 is 0 Å².